The number of fused-ring (bicyclic) bond motifs is 1. The number of carbonyl (C=O) groups is 2. The van der Waals surface area contributed by atoms with Crippen molar-refractivity contribution in [2.45, 2.75) is 57.0 Å². The van der Waals surface area contributed by atoms with Gasteiger partial charge < -0.3 is 15.5 Å². The Labute approximate surface area is 210 Å². The molecule has 2 aromatic rings. The number of benzene rings is 1. The lowest BCUT2D eigenvalue weighted by atomic mass is 9.86. The Morgan fingerprint density at radius 2 is 2.09 bits per heavy atom. The number of piperidine rings is 1. The summed E-state index contributed by atoms with van der Waals surface area (Å²) in [6, 6.07) is 8.40. The number of para-hydroxylation sites is 1. The van der Waals surface area contributed by atoms with E-state index in [9.17, 15) is 9.59 Å². The van der Waals surface area contributed by atoms with Crippen LogP contribution in [0.5, 0.6) is 0 Å². The number of carbonyl (C=O) groups excluding carboxylic acids is 2. The topological polar surface area (TPSA) is 102 Å². The highest BCUT2D eigenvalue weighted by atomic mass is 32.1. The third-order valence-corrected chi connectivity index (χ3v) is 9.36. The van der Waals surface area contributed by atoms with Crippen LogP contribution in [0.1, 0.15) is 43.5 Å². The molecule has 1 aromatic heterocycles. The molecule has 5 heterocycles. The molecule has 6 rings (SSSR count). The summed E-state index contributed by atoms with van der Waals surface area (Å²) in [7, 11) is 0. The minimum absolute atomic E-state index is 0.0202. The molecular weight excluding hydrogens is 462 g/mol. The van der Waals surface area contributed by atoms with Gasteiger partial charge in [0.1, 0.15) is 17.2 Å². The van der Waals surface area contributed by atoms with Gasteiger partial charge >= 0.3 is 0 Å². The van der Waals surface area contributed by atoms with Gasteiger partial charge in [0, 0.05) is 51.1 Å². The molecule has 4 aliphatic rings. The molecular formula is C25H35N7O2S. The summed E-state index contributed by atoms with van der Waals surface area (Å²) in [5.74, 6) is -0.206. The summed E-state index contributed by atoms with van der Waals surface area (Å²) in [4.78, 5) is 34.7. The van der Waals surface area contributed by atoms with Gasteiger partial charge in [-0.2, -0.15) is 0 Å². The molecule has 5 atom stereocenters. The summed E-state index contributed by atoms with van der Waals surface area (Å²) in [5.41, 5.74) is 1.08. The van der Waals surface area contributed by atoms with E-state index >= 15 is 0 Å². The van der Waals surface area contributed by atoms with E-state index in [0.29, 0.717) is 6.04 Å². The van der Waals surface area contributed by atoms with Gasteiger partial charge in [0.2, 0.25) is 11.8 Å². The first-order valence-corrected chi connectivity index (χ1v) is 13.7. The van der Waals surface area contributed by atoms with E-state index in [1.165, 1.54) is 0 Å². The minimum atomic E-state index is -0.387. The van der Waals surface area contributed by atoms with Crippen LogP contribution in [0.25, 0.3) is 10.2 Å². The lowest BCUT2D eigenvalue weighted by Crippen LogP contribution is -2.70. The molecule has 188 valence electrons. The number of thiazole rings is 1. The maximum atomic E-state index is 13.6. The van der Waals surface area contributed by atoms with Crippen molar-refractivity contribution >= 4 is 33.4 Å². The van der Waals surface area contributed by atoms with E-state index in [-0.39, 0.29) is 35.6 Å². The third kappa shape index (κ3) is 4.58. The van der Waals surface area contributed by atoms with Crippen LogP contribution in [-0.2, 0) is 9.59 Å². The summed E-state index contributed by atoms with van der Waals surface area (Å²) < 4.78 is 1.10. The summed E-state index contributed by atoms with van der Waals surface area (Å²) >= 11 is 1.61. The highest BCUT2D eigenvalue weighted by Crippen LogP contribution is 2.40. The molecule has 0 saturated carbocycles. The second kappa shape index (κ2) is 9.40. The number of hydrogen-bond acceptors (Lipinski definition) is 8. The Bertz CT molecular complexity index is 1070. The molecule has 1 aromatic carbocycles. The predicted octanol–water partition coefficient (Wildman–Crippen LogP) is 0.995. The molecule has 4 unspecified atom stereocenters. The van der Waals surface area contributed by atoms with Crippen molar-refractivity contribution in [1.82, 2.24) is 36.1 Å². The molecule has 0 bridgehead atoms. The first-order chi connectivity index (χ1) is 17.0. The normalized spacial score (nSPS) is 34.1. The van der Waals surface area contributed by atoms with Crippen LogP contribution in [-0.4, -0.2) is 84.4 Å². The van der Waals surface area contributed by atoms with Crippen LogP contribution in [0.2, 0.25) is 0 Å². The van der Waals surface area contributed by atoms with E-state index < -0.39 is 0 Å². The lowest BCUT2D eigenvalue weighted by molar-refractivity contribution is -0.129. The summed E-state index contributed by atoms with van der Waals surface area (Å²) in [6.45, 7) is 7.08. The average molecular weight is 498 g/mol. The van der Waals surface area contributed by atoms with E-state index in [1.54, 1.807) is 18.3 Å². The van der Waals surface area contributed by atoms with Gasteiger partial charge in [-0.05, 0) is 44.4 Å². The van der Waals surface area contributed by atoms with Gasteiger partial charge in [-0.3, -0.25) is 25.1 Å². The maximum Gasteiger partial charge on any atom is 0.235 e. The van der Waals surface area contributed by atoms with Gasteiger partial charge in [0.25, 0.3) is 0 Å². The van der Waals surface area contributed by atoms with Gasteiger partial charge in [-0.1, -0.05) is 12.1 Å². The third-order valence-electron chi connectivity index (χ3n) is 8.24. The van der Waals surface area contributed by atoms with E-state index in [1.807, 2.05) is 23.1 Å². The molecule has 4 N–H and O–H groups in total. The van der Waals surface area contributed by atoms with E-state index in [0.717, 1.165) is 80.2 Å². The number of nitrogens with zero attached hydrogens (tertiary/aromatic N) is 3. The standard InChI is InChI=1S/C25H35N7O2S/c1-16(33)31-11-8-25(14-31)9-12-32(15-25)24-29-21(27-17-5-4-10-26-13-17)20(22(34)30-24)23-28-18-6-2-3-7-19(18)35-23/h2-3,6-7,17,20-21,24,26-27,29H,4-5,8-15H2,1H3,(H,30,34)/t17-,20?,21?,24?,25?/m1/s1. The molecule has 4 fully saturated rings. The minimum Gasteiger partial charge on any atom is -0.342 e. The molecule has 10 heteroatoms. The van der Waals surface area contributed by atoms with Gasteiger partial charge in [0.15, 0.2) is 0 Å². The van der Waals surface area contributed by atoms with Gasteiger partial charge in [-0.15, -0.1) is 11.3 Å². The number of rotatable bonds is 4. The molecule has 1 spiro atoms. The molecule has 9 nitrogen and oxygen atoms in total. The van der Waals surface area contributed by atoms with Crippen LogP contribution in [0.15, 0.2) is 24.3 Å². The van der Waals surface area contributed by atoms with Crippen LogP contribution < -0.4 is 21.3 Å². The smallest absolute Gasteiger partial charge is 0.235 e. The fourth-order valence-electron chi connectivity index (χ4n) is 6.28. The van der Waals surface area contributed by atoms with Crippen molar-refractivity contribution in [3.05, 3.63) is 29.3 Å². The fraction of sp³-hybridized carbons (Fsp3) is 0.640. The quantitative estimate of drug-likeness (QED) is 0.500. The van der Waals surface area contributed by atoms with Crippen molar-refractivity contribution in [3.63, 3.8) is 0 Å². The number of aromatic nitrogens is 1. The Morgan fingerprint density at radius 1 is 1.23 bits per heavy atom. The van der Waals surface area contributed by atoms with Crippen molar-refractivity contribution < 1.29 is 9.59 Å². The zero-order valence-electron chi connectivity index (χ0n) is 20.3. The Morgan fingerprint density at radius 3 is 2.86 bits per heavy atom. The second-order valence-corrected chi connectivity index (χ2v) is 11.7. The number of nitrogens with one attached hydrogen (secondary N) is 4. The van der Waals surface area contributed by atoms with Crippen LogP contribution in [0, 0.1) is 5.41 Å². The SMILES string of the molecule is CC(=O)N1CCC2(CCN(C3NC(=O)C(c4nc5ccccc5s4)C(N[C@@H]4CCCNC4)N3)C2)C1. The lowest BCUT2D eigenvalue weighted by Gasteiger charge is -2.43. The number of hydrogen-bond donors (Lipinski definition) is 4. The van der Waals surface area contributed by atoms with Crippen LogP contribution >= 0.6 is 11.3 Å². The zero-order chi connectivity index (χ0) is 24.0. The monoisotopic (exact) mass is 497 g/mol. The summed E-state index contributed by atoms with van der Waals surface area (Å²) in [6.07, 6.45) is 3.88. The number of likely N-dealkylation sites (tertiary alicyclic amines) is 2. The van der Waals surface area contributed by atoms with Gasteiger partial charge in [0.05, 0.1) is 16.4 Å². The molecule has 2 amide bonds. The second-order valence-electron chi connectivity index (χ2n) is 10.7. The van der Waals surface area contributed by atoms with Crippen molar-refractivity contribution in [2.24, 2.45) is 5.41 Å². The highest BCUT2D eigenvalue weighted by molar-refractivity contribution is 7.18. The first-order valence-electron chi connectivity index (χ1n) is 12.9. The maximum absolute atomic E-state index is 13.6. The zero-order valence-corrected chi connectivity index (χ0v) is 21.1. The highest BCUT2D eigenvalue weighted by Gasteiger charge is 2.48. The largest absolute Gasteiger partial charge is 0.342 e. The van der Waals surface area contributed by atoms with Crippen molar-refractivity contribution in [1.29, 1.82) is 0 Å². The molecule has 0 radical (unpaired) electrons. The Balaban J connectivity index is 1.22. The van der Waals surface area contributed by atoms with Gasteiger partial charge in [-0.25, -0.2) is 4.98 Å². The first kappa shape index (κ1) is 23.3. The Kier molecular flexibility index (Phi) is 6.26. The Hall–Kier alpha value is -2.11. The average Bonchev–Trinajstić information content (AvgIpc) is 3.58. The van der Waals surface area contributed by atoms with Crippen molar-refractivity contribution in [2.75, 3.05) is 39.3 Å². The molecule has 4 aliphatic heterocycles. The fourth-order valence-corrected chi connectivity index (χ4v) is 7.38. The summed E-state index contributed by atoms with van der Waals surface area (Å²) in [5, 5.41) is 15.1. The van der Waals surface area contributed by atoms with E-state index in [4.69, 9.17) is 4.98 Å². The number of amides is 2. The molecule has 4 saturated heterocycles. The van der Waals surface area contributed by atoms with Crippen LogP contribution in [0.3, 0.4) is 0 Å². The molecule has 0 aliphatic carbocycles. The van der Waals surface area contributed by atoms with Crippen LogP contribution in [0.4, 0.5) is 0 Å². The van der Waals surface area contributed by atoms with E-state index in [2.05, 4.69) is 32.2 Å². The predicted molar refractivity (Wildman–Crippen MR) is 136 cm³/mol. The molecule has 35 heavy (non-hydrogen) atoms. The van der Waals surface area contributed by atoms with Crippen molar-refractivity contribution in [3.8, 4) is 0 Å².